The SMILES string of the molecule is Cc1cc(CNCC(C)C)cc(N2CCC(N(C)C)C2)n1. The summed E-state index contributed by atoms with van der Waals surface area (Å²) < 4.78 is 0. The molecule has 2 rings (SSSR count). The molecule has 1 atom stereocenters. The molecular weight excluding hydrogens is 260 g/mol. The smallest absolute Gasteiger partial charge is 0.129 e. The fourth-order valence-corrected chi connectivity index (χ4v) is 2.86. The largest absolute Gasteiger partial charge is 0.355 e. The summed E-state index contributed by atoms with van der Waals surface area (Å²) in [5.41, 5.74) is 2.45. The summed E-state index contributed by atoms with van der Waals surface area (Å²) in [6.07, 6.45) is 1.23. The zero-order valence-corrected chi connectivity index (χ0v) is 14.2. The van der Waals surface area contributed by atoms with Crippen LogP contribution in [0.1, 0.15) is 31.5 Å². The number of anilines is 1. The Morgan fingerprint density at radius 2 is 2.14 bits per heavy atom. The highest BCUT2D eigenvalue weighted by molar-refractivity contribution is 5.44. The predicted octanol–water partition coefficient (Wildman–Crippen LogP) is 2.28. The predicted molar refractivity (Wildman–Crippen MR) is 89.8 cm³/mol. The number of rotatable bonds is 6. The van der Waals surface area contributed by atoms with Crippen molar-refractivity contribution in [3.8, 4) is 0 Å². The third kappa shape index (κ3) is 4.68. The van der Waals surface area contributed by atoms with Gasteiger partial charge in [0.25, 0.3) is 0 Å². The van der Waals surface area contributed by atoms with Crippen molar-refractivity contribution >= 4 is 5.82 Å². The number of hydrogen-bond acceptors (Lipinski definition) is 4. The van der Waals surface area contributed by atoms with E-state index in [0.29, 0.717) is 12.0 Å². The lowest BCUT2D eigenvalue weighted by atomic mass is 10.2. The molecular formula is C17H30N4. The van der Waals surface area contributed by atoms with Crippen LogP contribution < -0.4 is 10.2 Å². The molecule has 1 aliphatic heterocycles. The Balaban J connectivity index is 2.02. The van der Waals surface area contributed by atoms with E-state index in [1.54, 1.807) is 0 Å². The van der Waals surface area contributed by atoms with E-state index in [0.717, 1.165) is 37.7 Å². The number of nitrogens with zero attached hydrogens (tertiary/aromatic N) is 3. The second kappa shape index (κ2) is 7.23. The normalized spacial score (nSPS) is 19.0. The van der Waals surface area contributed by atoms with Gasteiger partial charge in [0, 0.05) is 31.4 Å². The first-order valence-electron chi connectivity index (χ1n) is 8.05. The van der Waals surface area contributed by atoms with E-state index >= 15 is 0 Å². The molecule has 1 fully saturated rings. The van der Waals surface area contributed by atoms with Gasteiger partial charge in [0.15, 0.2) is 0 Å². The van der Waals surface area contributed by atoms with Gasteiger partial charge in [-0.2, -0.15) is 0 Å². The summed E-state index contributed by atoms with van der Waals surface area (Å²) in [7, 11) is 4.33. The molecule has 0 aromatic carbocycles. The second-order valence-corrected chi connectivity index (χ2v) is 6.85. The molecule has 0 amide bonds. The number of aromatic nitrogens is 1. The molecule has 1 N–H and O–H groups in total. The molecule has 1 unspecified atom stereocenters. The monoisotopic (exact) mass is 290 g/mol. The van der Waals surface area contributed by atoms with E-state index in [1.165, 1.54) is 12.0 Å². The molecule has 0 saturated carbocycles. The van der Waals surface area contributed by atoms with E-state index in [9.17, 15) is 0 Å². The van der Waals surface area contributed by atoms with Crippen molar-refractivity contribution in [3.63, 3.8) is 0 Å². The van der Waals surface area contributed by atoms with Crippen LogP contribution in [0.5, 0.6) is 0 Å². The minimum Gasteiger partial charge on any atom is -0.355 e. The van der Waals surface area contributed by atoms with Gasteiger partial charge in [-0.3, -0.25) is 0 Å². The summed E-state index contributed by atoms with van der Waals surface area (Å²) in [5, 5.41) is 3.52. The van der Waals surface area contributed by atoms with Crippen molar-refractivity contribution in [1.82, 2.24) is 15.2 Å². The molecule has 1 saturated heterocycles. The lowest BCUT2D eigenvalue weighted by Gasteiger charge is -2.22. The number of pyridine rings is 1. The van der Waals surface area contributed by atoms with Crippen LogP contribution in [0.15, 0.2) is 12.1 Å². The fraction of sp³-hybridized carbons (Fsp3) is 0.706. The highest BCUT2D eigenvalue weighted by atomic mass is 15.3. The van der Waals surface area contributed by atoms with Crippen LogP contribution in [-0.2, 0) is 6.54 Å². The Hall–Kier alpha value is -1.13. The van der Waals surface area contributed by atoms with Gasteiger partial charge in [0.1, 0.15) is 5.82 Å². The maximum Gasteiger partial charge on any atom is 0.129 e. The van der Waals surface area contributed by atoms with E-state index < -0.39 is 0 Å². The maximum absolute atomic E-state index is 4.73. The van der Waals surface area contributed by atoms with E-state index in [2.05, 4.69) is 62.1 Å². The van der Waals surface area contributed by atoms with E-state index in [4.69, 9.17) is 4.98 Å². The summed E-state index contributed by atoms with van der Waals surface area (Å²) in [6.45, 7) is 10.8. The van der Waals surface area contributed by atoms with Crippen LogP contribution in [0.3, 0.4) is 0 Å². The summed E-state index contributed by atoms with van der Waals surface area (Å²) in [6, 6.07) is 5.09. The first-order valence-corrected chi connectivity index (χ1v) is 8.05. The highest BCUT2D eigenvalue weighted by Crippen LogP contribution is 2.22. The lowest BCUT2D eigenvalue weighted by molar-refractivity contribution is 0.315. The first kappa shape index (κ1) is 16.2. The van der Waals surface area contributed by atoms with Gasteiger partial charge in [-0.15, -0.1) is 0 Å². The lowest BCUT2D eigenvalue weighted by Crippen LogP contribution is -2.31. The van der Waals surface area contributed by atoms with Crippen LogP contribution in [0.2, 0.25) is 0 Å². The topological polar surface area (TPSA) is 31.4 Å². The molecule has 1 aliphatic rings. The summed E-state index contributed by atoms with van der Waals surface area (Å²) >= 11 is 0. The van der Waals surface area contributed by atoms with Gasteiger partial charge in [0.05, 0.1) is 0 Å². The van der Waals surface area contributed by atoms with Gasteiger partial charge in [-0.25, -0.2) is 4.98 Å². The third-order valence-electron chi connectivity index (χ3n) is 4.10. The Labute approximate surface area is 129 Å². The molecule has 1 aromatic rings. The molecule has 0 aliphatic carbocycles. The fourth-order valence-electron chi connectivity index (χ4n) is 2.86. The maximum atomic E-state index is 4.73. The Kier molecular flexibility index (Phi) is 5.59. The van der Waals surface area contributed by atoms with E-state index in [1.807, 2.05) is 0 Å². The quantitative estimate of drug-likeness (QED) is 0.871. The Morgan fingerprint density at radius 1 is 1.38 bits per heavy atom. The molecule has 1 aromatic heterocycles. The number of likely N-dealkylation sites (N-methyl/N-ethyl adjacent to an activating group) is 1. The molecule has 4 heteroatoms. The minimum atomic E-state index is 0.648. The van der Waals surface area contributed by atoms with Gasteiger partial charge >= 0.3 is 0 Å². The van der Waals surface area contributed by atoms with Crippen molar-refractivity contribution in [1.29, 1.82) is 0 Å². The van der Waals surface area contributed by atoms with Gasteiger partial charge in [0.2, 0.25) is 0 Å². The zero-order chi connectivity index (χ0) is 15.4. The molecule has 0 bridgehead atoms. The molecule has 0 spiro atoms. The number of nitrogens with one attached hydrogen (secondary N) is 1. The second-order valence-electron chi connectivity index (χ2n) is 6.85. The average Bonchev–Trinajstić information content (AvgIpc) is 2.87. The van der Waals surface area contributed by atoms with Crippen molar-refractivity contribution in [3.05, 3.63) is 23.4 Å². The first-order chi connectivity index (χ1) is 9.95. The molecule has 2 heterocycles. The average molecular weight is 290 g/mol. The van der Waals surface area contributed by atoms with E-state index in [-0.39, 0.29) is 0 Å². The van der Waals surface area contributed by atoms with Crippen molar-refractivity contribution < 1.29 is 0 Å². The van der Waals surface area contributed by atoms with Crippen molar-refractivity contribution in [2.45, 2.75) is 39.8 Å². The van der Waals surface area contributed by atoms with Crippen molar-refractivity contribution in [2.24, 2.45) is 5.92 Å². The number of hydrogen-bond donors (Lipinski definition) is 1. The number of aryl methyl sites for hydroxylation is 1. The van der Waals surface area contributed by atoms with Gasteiger partial charge in [-0.05, 0) is 57.6 Å². The van der Waals surface area contributed by atoms with Crippen molar-refractivity contribution in [2.75, 3.05) is 38.6 Å². The Bertz CT molecular complexity index is 456. The minimum absolute atomic E-state index is 0.648. The molecule has 118 valence electrons. The molecule has 4 nitrogen and oxygen atoms in total. The third-order valence-corrected chi connectivity index (χ3v) is 4.10. The van der Waals surface area contributed by atoms with Crippen LogP contribution in [-0.4, -0.2) is 49.7 Å². The van der Waals surface area contributed by atoms with Crippen LogP contribution in [0.4, 0.5) is 5.82 Å². The van der Waals surface area contributed by atoms with Gasteiger partial charge in [-0.1, -0.05) is 13.8 Å². The zero-order valence-electron chi connectivity index (χ0n) is 14.2. The molecule has 0 radical (unpaired) electrons. The standard InChI is InChI=1S/C17H30N4/c1-13(2)10-18-11-15-8-14(3)19-17(9-15)21-7-6-16(12-21)20(4)5/h8-9,13,16,18H,6-7,10-12H2,1-5H3. The van der Waals surface area contributed by atoms with Crippen LogP contribution >= 0.6 is 0 Å². The summed E-state index contributed by atoms with van der Waals surface area (Å²) in [5.74, 6) is 1.83. The molecule has 21 heavy (non-hydrogen) atoms. The Morgan fingerprint density at radius 3 is 2.76 bits per heavy atom. The highest BCUT2D eigenvalue weighted by Gasteiger charge is 2.25. The van der Waals surface area contributed by atoms with Crippen LogP contribution in [0, 0.1) is 12.8 Å². The van der Waals surface area contributed by atoms with Gasteiger partial charge < -0.3 is 15.1 Å². The van der Waals surface area contributed by atoms with Crippen LogP contribution in [0.25, 0.3) is 0 Å². The summed E-state index contributed by atoms with van der Waals surface area (Å²) in [4.78, 5) is 9.47.